The second kappa shape index (κ2) is 9.33. The molecule has 148 valence electrons. The Balaban J connectivity index is 1.49. The van der Waals surface area contributed by atoms with Gasteiger partial charge in [-0.25, -0.2) is 0 Å². The third-order valence-corrected chi connectivity index (χ3v) is 5.33. The monoisotopic (exact) mass is 373 g/mol. The quantitative estimate of drug-likeness (QED) is 0.826. The second-order valence-corrected chi connectivity index (χ2v) is 7.77. The molecule has 0 aliphatic carbocycles. The number of nitrogens with zero attached hydrogens (tertiary/aromatic N) is 2. The Hall–Kier alpha value is -1.92. The van der Waals surface area contributed by atoms with Crippen LogP contribution in [-0.2, 0) is 27.4 Å². The number of hydrogen-bond donors (Lipinski definition) is 1. The Morgan fingerprint density at radius 3 is 2.44 bits per heavy atom. The number of morpholine rings is 1. The van der Waals surface area contributed by atoms with Crippen LogP contribution in [0.15, 0.2) is 24.3 Å². The summed E-state index contributed by atoms with van der Waals surface area (Å²) in [6.45, 7) is 9.45. The first-order valence-electron chi connectivity index (χ1n) is 10.0. The maximum absolute atomic E-state index is 12.6. The Bertz CT molecular complexity index is 639. The van der Waals surface area contributed by atoms with Crippen LogP contribution < -0.4 is 5.32 Å². The Morgan fingerprint density at radius 2 is 1.78 bits per heavy atom. The van der Waals surface area contributed by atoms with Gasteiger partial charge < -0.3 is 15.0 Å². The lowest BCUT2D eigenvalue weighted by Crippen LogP contribution is -2.47. The van der Waals surface area contributed by atoms with Crippen LogP contribution in [0.4, 0.5) is 0 Å². The average Bonchev–Trinajstić information content (AvgIpc) is 3.17. The molecule has 1 N–H and O–H groups in total. The molecule has 1 aromatic carbocycles. The molecule has 2 fully saturated rings. The number of benzene rings is 1. The SMILES string of the molecule is CC(C)C(=O)N1CCCC1C(=O)NCc1ccc(CN2CCOCC2)cc1. The summed E-state index contributed by atoms with van der Waals surface area (Å²) in [4.78, 5) is 29.0. The van der Waals surface area contributed by atoms with Gasteiger partial charge in [0.25, 0.3) is 0 Å². The van der Waals surface area contributed by atoms with Crippen molar-refractivity contribution in [1.82, 2.24) is 15.1 Å². The highest BCUT2D eigenvalue weighted by atomic mass is 16.5. The van der Waals surface area contributed by atoms with Crippen LogP contribution in [0.5, 0.6) is 0 Å². The van der Waals surface area contributed by atoms with E-state index in [9.17, 15) is 9.59 Å². The molecule has 1 atom stereocenters. The van der Waals surface area contributed by atoms with Crippen LogP contribution in [0.3, 0.4) is 0 Å². The molecule has 1 aromatic rings. The van der Waals surface area contributed by atoms with Gasteiger partial charge in [-0.05, 0) is 24.0 Å². The minimum atomic E-state index is -0.319. The topological polar surface area (TPSA) is 61.9 Å². The van der Waals surface area contributed by atoms with Gasteiger partial charge in [0.05, 0.1) is 13.2 Å². The summed E-state index contributed by atoms with van der Waals surface area (Å²) in [5, 5.41) is 3.01. The van der Waals surface area contributed by atoms with Gasteiger partial charge in [0.15, 0.2) is 0 Å². The summed E-state index contributed by atoms with van der Waals surface area (Å²) in [7, 11) is 0. The summed E-state index contributed by atoms with van der Waals surface area (Å²) in [6, 6.07) is 8.08. The lowest BCUT2D eigenvalue weighted by molar-refractivity contribution is -0.140. The highest BCUT2D eigenvalue weighted by molar-refractivity contribution is 5.88. The van der Waals surface area contributed by atoms with Crippen LogP contribution in [0.2, 0.25) is 0 Å². The van der Waals surface area contributed by atoms with Gasteiger partial charge in [-0.3, -0.25) is 14.5 Å². The van der Waals surface area contributed by atoms with Gasteiger partial charge >= 0.3 is 0 Å². The first-order valence-corrected chi connectivity index (χ1v) is 10.0. The molecule has 0 aromatic heterocycles. The minimum absolute atomic E-state index is 0.0427. The van der Waals surface area contributed by atoms with Crippen molar-refractivity contribution in [3.8, 4) is 0 Å². The number of hydrogen-bond acceptors (Lipinski definition) is 4. The second-order valence-electron chi connectivity index (χ2n) is 7.77. The summed E-state index contributed by atoms with van der Waals surface area (Å²) in [5.74, 6) is -0.0450. The lowest BCUT2D eigenvalue weighted by Gasteiger charge is -2.26. The number of rotatable bonds is 6. The molecule has 2 heterocycles. The van der Waals surface area contributed by atoms with E-state index in [0.29, 0.717) is 13.1 Å². The Morgan fingerprint density at radius 1 is 1.11 bits per heavy atom. The Kier molecular flexibility index (Phi) is 6.85. The van der Waals surface area contributed by atoms with Gasteiger partial charge in [0.2, 0.25) is 11.8 Å². The fourth-order valence-corrected chi connectivity index (χ4v) is 3.72. The third-order valence-electron chi connectivity index (χ3n) is 5.33. The number of ether oxygens (including phenoxy) is 1. The maximum Gasteiger partial charge on any atom is 0.243 e. The summed E-state index contributed by atoms with van der Waals surface area (Å²) in [6.07, 6.45) is 1.65. The van der Waals surface area contributed by atoms with Crippen molar-refractivity contribution in [2.45, 2.75) is 45.8 Å². The van der Waals surface area contributed by atoms with Crippen LogP contribution >= 0.6 is 0 Å². The predicted octanol–water partition coefficient (Wildman–Crippen LogP) is 1.78. The van der Waals surface area contributed by atoms with E-state index < -0.39 is 0 Å². The molecule has 2 aliphatic rings. The first kappa shape index (κ1) is 19.8. The zero-order valence-corrected chi connectivity index (χ0v) is 16.4. The minimum Gasteiger partial charge on any atom is -0.379 e. The Labute approximate surface area is 161 Å². The zero-order valence-electron chi connectivity index (χ0n) is 16.4. The molecule has 2 aliphatic heterocycles. The number of carbonyl (C=O) groups is 2. The molecule has 0 spiro atoms. The summed E-state index contributed by atoms with van der Waals surface area (Å²) >= 11 is 0. The lowest BCUT2D eigenvalue weighted by atomic mass is 10.1. The average molecular weight is 373 g/mol. The first-order chi connectivity index (χ1) is 13.0. The maximum atomic E-state index is 12.6. The van der Waals surface area contributed by atoms with Crippen molar-refractivity contribution in [1.29, 1.82) is 0 Å². The highest BCUT2D eigenvalue weighted by Gasteiger charge is 2.34. The molecule has 27 heavy (non-hydrogen) atoms. The van der Waals surface area contributed by atoms with E-state index in [1.165, 1.54) is 5.56 Å². The van der Waals surface area contributed by atoms with Gasteiger partial charge in [0.1, 0.15) is 6.04 Å². The fourth-order valence-electron chi connectivity index (χ4n) is 3.72. The van der Waals surface area contributed by atoms with E-state index in [1.54, 1.807) is 4.90 Å². The van der Waals surface area contributed by atoms with Gasteiger partial charge in [-0.15, -0.1) is 0 Å². The molecule has 2 amide bonds. The van der Waals surface area contributed by atoms with Crippen molar-refractivity contribution in [3.05, 3.63) is 35.4 Å². The molecular formula is C21H31N3O3. The summed E-state index contributed by atoms with van der Waals surface area (Å²) in [5.41, 5.74) is 2.35. The number of amides is 2. The molecule has 2 saturated heterocycles. The van der Waals surface area contributed by atoms with Crippen LogP contribution in [-0.4, -0.2) is 60.5 Å². The summed E-state index contributed by atoms with van der Waals surface area (Å²) < 4.78 is 5.38. The van der Waals surface area contributed by atoms with E-state index in [-0.39, 0.29) is 23.8 Å². The number of likely N-dealkylation sites (tertiary alicyclic amines) is 1. The highest BCUT2D eigenvalue weighted by Crippen LogP contribution is 2.20. The molecule has 6 heteroatoms. The largest absolute Gasteiger partial charge is 0.379 e. The zero-order chi connectivity index (χ0) is 19.2. The molecule has 0 saturated carbocycles. The molecule has 6 nitrogen and oxygen atoms in total. The molecular weight excluding hydrogens is 342 g/mol. The molecule has 3 rings (SSSR count). The predicted molar refractivity (Wildman–Crippen MR) is 104 cm³/mol. The van der Waals surface area contributed by atoms with Crippen molar-refractivity contribution in [3.63, 3.8) is 0 Å². The number of nitrogens with one attached hydrogen (secondary N) is 1. The van der Waals surface area contributed by atoms with Crippen LogP contribution in [0, 0.1) is 5.92 Å². The van der Waals surface area contributed by atoms with E-state index in [2.05, 4.69) is 34.5 Å². The third kappa shape index (κ3) is 5.30. The van der Waals surface area contributed by atoms with Crippen molar-refractivity contribution in [2.24, 2.45) is 5.92 Å². The van der Waals surface area contributed by atoms with Gasteiger partial charge in [-0.1, -0.05) is 38.1 Å². The van der Waals surface area contributed by atoms with E-state index >= 15 is 0 Å². The van der Waals surface area contributed by atoms with Crippen LogP contribution in [0.1, 0.15) is 37.8 Å². The standard InChI is InChI=1S/C21H31N3O3/c1-16(2)21(26)24-9-3-4-19(24)20(25)22-14-17-5-7-18(8-6-17)15-23-10-12-27-13-11-23/h5-8,16,19H,3-4,9-15H2,1-2H3,(H,22,25). The molecule has 1 unspecified atom stereocenters. The van der Waals surface area contributed by atoms with E-state index in [1.807, 2.05) is 13.8 Å². The van der Waals surface area contributed by atoms with Crippen molar-refractivity contribution in [2.75, 3.05) is 32.8 Å². The van der Waals surface area contributed by atoms with Gasteiger partial charge in [-0.2, -0.15) is 0 Å². The van der Waals surface area contributed by atoms with Crippen molar-refractivity contribution >= 4 is 11.8 Å². The molecule has 0 radical (unpaired) electrons. The van der Waals surface area contributed by atoms with E-state index in [4.69, 9.17) is 4.74 Å². The fraction of sp³-hybridized carbons (Fsp3) is 0.619. The number of carbonyl (C=O) groups excluding carboxylic acids is 2. The smallest absolute Gasteiger partial charge is 0.243 e. The van der Waals surface area contributed by atoms with Crippen molar-refractivity contribution < 1.29 is 14.3 Å². The van der Waals surface area contributed by atoms with Gasteiger partial charge in [0, 0.05) is 38.6 Å². The molecule has 0 bridgehead atoms. The normalized spacial score (nSPS) is 20.9. The van der Waals surface area contributed by atoms with Crippen LogP contribution in [0.25, 0.3) is 0 Å². The van der Waals surface area contributed by atoms with E-state index in [0.717, 1.165) is 51.3 Å².